The predicted molar refractivity (Wildman–Crippen MR) is 71.8 cm³/mol. The zero-order valence-electron chi connectivity index (χ0n) is 12.1. The van der Waals surface area contributed by atoms with Crippen LogP contribution in [0.5, 0.6) is 0 Å². The minimum atomic E-state index is 0.271. The van der Waals surface area contributed by atoms with Gasteiger partial charge in [-0.1, -0.05) is 13.8 Å². The number of rotatable bonds is 4. The first-order valence-corrected chi connectivity index (χ1v) is 6.73. The lowest BCUT2D eigenvalue weighted by Crippen LogP contribution is -2.66. The summed E-state index contributed by atoms with van der Waals surface area (Å²) in [6, 6.07) is 0. The molecule has 0 aromatic carbocycles. The van der Waals surface area contributed by atoms with Crippen LogP contribution in [0.1, 0.15) is 54.4 Å². The van der Waals surface area contributed by atoms with Crippen LogP contribution in [0.2, 0.25) is 0 Å². The van der Waals surface area contributed by atoms with E-state index in [0.717, 1.165) is 19.0 Å². The van der Waals surface area contributed by atoms with E-state index in [1.54, 1.807) is 0 Å². The van der Waals surface area contributed by atoms with E-state index in [0.29, 0.717) is 5.54 Å². The molecule has 0 aromatic rings. The van der Waals surface area contributed by atoms with E-state index in [1.165, 1.54) is 19.4 Å². The minimum Gasteiger partial charge on any atom is -0.309 e. The molecule has 2 heteroatoms. The predicted octanol–water partition coefficient (Wildman–Crippen LogP) is 2.89. The molecule has 2 nitrogen and oxygen atoms in total. The first kappa shape index (κ1) is 14.0. The highest BCUT2D eigenvalue weighted by Gasteiger charge is 2.36. The van der Waals surface area contributed by atoms with Crippen molar-refractivity contribution < 1.29 is 0 Å². The van der Waals surface area contributed by atoms with Crippen molar-refractivity contribution in [3.63, 3.8) is 0 Å². The Morgan fingerprint density at radius 2 is 1.81 bits per heavy atom. The summed E-state index contributed by atoms with van der Waals surface area (Å²) in [5, 5.41) is 3.64. The van der Waals surface area contributed by atoms with Crippen molar-refractivity contribution in [2.45, 2.75) is 65.5 Å². The van der Waals surface area contributed by atoms with Gasteiger partial charge in [-0.2, -0.15) is 0 Å². The molecular formula is C14H30N2. The molecule has 0 bridgehead atoms. The average molecular weight is 226 g/mol. The van der Waals surface area contributed by atoms with Crippen LogP contribution in [0.25, 0.3) is 0 Å². The van der Waals surface area contributed by atoms with Gasteiger partial charge in [-0.05, 0) is 53.0 Å². The Morgan fingerprint density at radius 3 is 2.38 bits per heavy atom. The second-order valence-corrected chi connectivity index (χ2v) is 7.01. The summed E-state index contributed by atoms with van der Waals surface area (Å²) < 4.78 is 0. The standard InChI is InChI=1S/C14H30N2/c1-12(2)8-7-9-16-11-13(3,4)15-10-14(16,5)6/h12,15H,7-11H2,1-6H3. The van der Waals surface area contributed by atoms with Crippen molar-refractivity contribution in [3.8, 4) is 0 Å². The molecule has 0 aliphatic carbocycles. The summed E-state index contributed by atoms with van der Waals surface area (Å²) in [5.41, 5.74) is 0.583. The van der Waals surface area contributed by atoms with E-state index >= 15 is 0 Å². The molecule has 0 saturated carbocycles. The van der Waals surface area contributed by atoms with Gasteiger partial charge in [-0.15, -0.1) is 0 Å². The lowest BCUT2D eigenvalue weighted by atomic mass is 9.91. The normalized spacial score (nSPS) is 24.9. The van der Waals surface area contributed by atoms with Gasteiger partial charge in [0.1, 0.15) is 0 Å². The zero-order valence-corrected chi connectivity index (χ0v) is 12.1. The lowest BCUT2D eigenvalue weighted by Gasteiger charge is -2.49. The Morgan fingerprint density at radius 1 is 1.19 bits per heavy atom. The Labute approximate surface area is 102 Å². The third kappa shape index (κ3) is 4.06. The summed E-state index contributed by atoms with van der Waals surface area (Å²) in [5.74, 6) is 0.832. The number of nitrogens with one attached hydrogen (secondary N) is 1. The van der Waals surface area contributed by atoms with Gasteiger partial charge in [-0.3, -0.25) is 4.90 Å². The summed E-state index contributed by atoms with van der Waals surface area (Å²) in [6.07, 6.45) is 2.68. The third-order valence-corrected chi connectivity index (χ3v) is 3.65. The lowest BCUT2D eigenvalue weighted by molar-refractivity contribution is 0.0373. The van der Waals surface area contributed by atoms with E-state index in [2.05, 4.69) is 51.8 Å². The molecule has 16 heavy (non-hydrogen) atoms. The van der Waals surface area contributed by atoms with Crippen molar-refractivity contribution in [1.29, 1.82) is 0 Å². The molecule has 1 saturated heterocycles. The molecule has 1 N–H and O–H groups in total. The van der Waals surface area contributed by atoms with Gasteiger partial charge in [0.2, 0.25) is 0 Å². The van der Waals surface area contributed by atoms with Crippen LogP contribution in [0, 0.1) is 5.92 Å². The Balaban J connectivity index is 2.47. The number of nitrogens with zero attached hydrogens (tertiary/aromatic N) is 1. The molecule has 1 aliphatic rings. The molecule has 96 valence electrons. The highest BCUT2D eigenvalue weighted by atomic mass is 15.3. The maximum Gasteiger partial charge on any atom is 0.0278 e. The van der Waals surface area contributed by atoms with Crippen molar-refractivity contribution in [3.05, 3.63) is 0 Å². The quantitative estimate of drug-likeness (QED) is 0.793. The van der Waals surface area contributed by atoms with Gasteiger partial charge >= 0.3 is 0 Å². The van der Waals surface area contributed by atoms with Crippen LogP contribution in [-0.2, 0) is 0 Å². The summed E-state index contributed by atoms with van der Waals surface area (Å²) in [7, 11) is 0. The first-order chi connectivity index (χ1) is 7.23. The first-order valence-electron chi connectivity index (χ1n) is 6.73. The van der Waals surface area contributed by atoms with Gasteiger partial charge in [-0.25, -0.2) is 0 Å². The van der Waals surface area contributed by atoms with Crippen LogP contribution < -0.4 is 5.32 Å². The van der Waals surface area contributed by atoms with Gasteiger partial charge in [0.25, 0.3) is 0 Å². The number of piperazine rings is 1. The van der Waals surface area contributed by atoms with Crippen molar-refractivity contribution in [2.24, 2.45) is 5.92 Å². The van der Waals surface area contributed by atoms with Crippen LogP contribution in [0.15, 0.2) is 0 Å². The summed E-state index contributed by atoms with van der Waals surface area (Å²) in [6.45, 7) is 17.4. The van der Waals surface area contributed by atoms with Crippen molar-refractivity contribution in [2.75, 3.05) is 19.6 Å². The molecule has 0 aromatic heterocycles. The molecule has 0 atom stereocenters. The fourth-order valence-corrected chi connectivity index (χ4v) is 2.39. The molecule has 1 aliphatic heterocycles. The zero-order chi connectivity index (χ0) is 12.4. The molecule has 0 unspecified atom stereocenters. The highest BCUT2D eigenvalue weighted by Crippen LogP contribution is 2.24. The maximum absolute atomic E-state index is 3.64. The molecule has 0 spiro atoms. The third-order valence-electron chi connectivity index (χ3n) is 3.65. The fraction of sp³-hybridized carbons (Fsp3) is 1.00. The summed E-state index contributed by atoms with van der Waals surface area (Å²) in [4.78, 5) is 2.66. The number of hydrogen-bond acceptors (Lipinski definition) is 2. The largest absolute Gasteiger partial charge is 0.309 e. The van der Waals surface area contributed by atoms with Crippen LogP contribution >= 0.6 is 0 Å². The molecule has 1 rings (SSSR count). The van der Waals surface area contributed by atoms with Gasteiger partial charge in [0, 0.05) is 24.2 Å². The van der Waals surface area contributed by atoms with E-state index in [4.69, 9.17) is 0 Å². The van der Waals surface area contributed by atoms with E-state index in [1.807, 2.05) is 0 Å². The van der Waals surface area contributed by atoms with Crippen molar-refractivity contribution in [1.82, 2.24) is 10.2 Å². The Bertz CT molecular complexity index is 219. The fourth-order valence-electron chi connectivity index (χ4n) is 2.39. The Kier molecular flexibility index (Phi) is 4.42. The molecule has 0 radical (unpaired) electrons. The minimum absolute atomic E-state index is 0.271. The van der Waals surface area contributed by atoms with E-state index in [9.17, 15) is 0 Å². The molecular weight excluding hydrogens is 196 g/mol. The molecule has 0 amide bonds. The molecule has 1 heterocycles. The highest BCUT2D eigenvalue weighted by molar-refractivity contribution is 4.97. The number of hydrogen-bond donors (Lipinski definition) is 1. The van der Waals surface area contributed by atoms with E-state index in [-0.39, 0.29) is 5.54 Å². The average Bonchev–Trinajstić information content (AvgIpc) is 2.11. The van der Waals surface area contributed by atoms with Gasteiger partial charge in [0.05, 0.1) is 0 Å². The molecule has 1 fully saturated rings. The SMILES string of the molecule is CC(C)CCCN1CC(C)(C)NCC1(C)C. The van der Waals surface area contributed by atoms with Gasteiger partial charge < -0.3 is 5.32 Å². The maximum atomic E-state index is 3.64. The van der Waals surface area contributed by atoms with E-state index < -0.39 is 0 Å². The topological polar surface area (TPSA) is 15.3 Å². The van der Waals surface area contributed by atoms with Gasteiger partial charge in [0.15, 0.2) is 0 Å². The second kappa shape index (κ2) is 5.05. The summed E-state index contributed by atoms with van der Waals surface area (Å²) >= 11 is 0. The smallest absolute Gasteiger partial charge is 0.0278 e. The Hall–Kier alpha value is -0.0800. The van der Waals surface area contributed by atoms with Crippen LogP contribution in [-0.4, -0.2) is 35.6 Å². The van der Waals surface area contributed by atoms with Crippen molar-refractivity contribution >= 4 is 0 Å². The second-order valence-electron chi connectivity index (χ2n) is 7.01. The monoisotopic (exact) mass is 226 g/mol. The van der Waals surface area contributed by atoms with Crippen LogP contribution in [0.4, 0.5) is 0 Å². The van der Waals surface area contributed by atoms with Crippen LogP contribution in [0.3, 0.4) is 0 Å².